The summed E-state index contributed by atoms with van der Waals surface area (Å²) in [4.78, 5) is 9.86. The van der Waals surface area contributed by atoms with E-state index in [1.807, 2.05) is 24.3 Å². The first-order valence-corrected chi connectivity index (χ1v) is 10.6. The van der Waals surface area contributed by atoms with Gasteiger partial charge in [0.05, 0.1) is 28.2 Å². The number of hydrogen-bond acceptors (Lipinski definition) is 3. The lowest BCUT2D eigenvalue weighted by Crippen LogP contribution is -2.06. The summed E-state index contributed by atoms with van der Waals surface area (Å²) >= 11 is 12.2. The largest absolute Gasteiger partial charge is 0.492 e. The Kier molecular flexibility index (Phi) is 4.97. The maximum absolute atomic E-state index is 6.21. The Bertz CT molecular complexity index is 1390. The molecule has 150 valence electrons. The second-order valence-electron chi connectivity index (χ2n) is 7.28. The quantitative estimate of drug-likeness (QED) is 0.284. The molecule has 0 fully saturated rings. The molecule has 30 heavy (non-hydrogen) atoms. The number of para-hydroxylation sites is 3. The third-order valence-electron chi connectivity index (χ3n) is 5.25. The van der Waals surface area contributed by atoms with Crippen molar-refractivity contribution < 1.29 is 4.74 Å². The molecule has 0 aliphatic carbocycles. The van der Waals surface area contributed by atoms with Crippen molar-refractivity contribution in [3.05, 3.63) is 76.3 Å². The number of nitrogens with zero attached hydrogens (tertiary/aromatic N) is 3. The van der Waals surface area contributed by atoms with Crippen molar-refractivity contribution >= 4 is 56.3 Å². The molecule has 0 spiro atoms. The minimum Gasteiger partial charge on any atom is -0.492 e. The summed E-state index contributed by atoms with van der Waals surface area (Å²) in [6, 6.07) is 19.6. The predicted molar refractivity (Wildman–Crippen MR) is 124 cm³/mol. The molecule has 5 rings (SSSR count). The van der Waals surface area contributed by atoms with Gasteiger partial charge in [-0.2, -0.15) is 0 Å². The van der Waals surface area contributed by atoms with Crippen LogP contribution in [0.3, 0.4) is 0 Å². The average Bonchev–Trinajstić information content (AvgIpc) is 3.05. The normalized spacial score (nSPS) is 11.6. The van der Waals surface area contributed by atoms with E-state index in [2.05, 4.69) is 29.7 Å². The van der Waals surface area contributed by atoms with Crippen molar-refractivity contribution in [1.29, 1.82) is 0 Å². The number of rotatable bonds is 5. The van der Waals surface area contributed by atoms with Crippen LogP contribution in [0.1, 0.15) is 12.0 Å². The average molecular weight is 436 g/mol. The number of aromatic nitrogens is 3. The van der Waals surface area contributed by atoms with Crippen molar-refractivity contribution in [3.63, 3.8) is 0 Å². The zero-order valence-electron chi connectivity index (χ0n) is 16.4. The van der Waals surface area contributed by atoms with Gasteiger partial charge in [-0.25, -0.2) is 9.97 Å². The third kappa shape index (κ3) is 3.36. The molecule has 0 bridgehead atoms. The van der Waals surface area contributed by atoms with Crippen LogP contribution >= 0.6 is 23.2 Å². The topological polar surface area (TPSA) is 39.9 Å². The van der Waals surface area contributed by atoms with E-state index in [0.29, 0.717) is 22.4 Å². The minimum atomic E-state index is 0.521. The SMILES string of the molecule is Cc1cccc2c3nc4ccccc4nc3n(CCCOc3ccc(Cl)cc3Cl)c12. The van der Waals surface area contributed by atoms with Crippen molar-refractivity contribution in [2.45, 2.75) is 19.9 Å². The van der Waals surface area contributed by atoms with E-state index >= 15 is 0 Å². The van der Waals surface area contributed by atoms with Crippen LogP contribution < -0.4 is 4.74 Å². The van der Waals surface area contributed by atoms with E-state index in [1.165, 1.54) is 11.1 Å². The third-order valence-corrected chi connectivity index (χ3v) is 5.78. The van der Waals surface area contributed by atoms with Gasteiger partial charge in [0.1, 0.15) is 11.3 Å². The molecule has 0 amide bonds. The Labute approximate surface area is 184 Å². The molecular formula is C24H19Cl2N3O. The van der Waals surface area contributed by atoms with Gasteiger partial charge in [-0.3, -0.25) is 0 Å². The molecule has 0 N–H and O–H groups in total. The molecule has 3 aromatic carbocycles. The van der Waals surface area contributed by atoms with E-state index in [1.54, 1.807) is 18.2 Å². The molecule has 2 heterocycles. The smallest absolute Gasteiger partial charge is 0.160 e. The van der Waals surface area contributed by atoms with Crippen LogP contribution in [0, 0.1) is 6.92 Å². The Hall–Kier alpha value is -2.82. The van der Waals surface area contributed by atoms with Gasteiger partial charge in [0.2, 0.25) is 0 Å². The summed E-state index contributed by atoms with van der Waals surface area (Å²) in [5.74, 6) is 0.644. The zero-order valence-corrected chi connectivity index (χ0v) is 17.9. The lowest BCUT2D eigenvalue weighted by atomic mass is 10.1. The van der Waals surface area contributed by atoms with Gasteiger partial charge in [0, 0.05) is 17.0 Å². The van der Waals surface area contributed by atoms with Gasteiger partial charge in [-0.15, -0.1) is 0 Å². The van der Waals surface area contributed by atoms with Crippen molar-refractivity contribution in [2.75, 3.05) is 6.61 Å². The Balaban J connectivity index is 1.49. The maximum atomic E-state index is 6.21. The molecule has 0 atom stereocenters. The van der Waals surface area contributed by atoms with Gasteiger partial charge in [-0.1, -0.05) is 53.5 Å². The highest BCUT2D eigenvalue weighted by Crippen LogP contribution is 2.31. The summed E-state index contributed by atoms with van der Waals surface area (Å²) in [5.41, 5.74) is 6.03. The zero-order chi connectivity index (χ0) is 20.7. The Morgan fingerprint density at radius 3 is 2.53 bits per heavy atom. The number of ether oxygens (including phenoxy) is 1. The fraction of sp³-hybridized carbons (Fsp3) is 0.167. The van der Waals surface area contributed by atoms with Gasteiger partial charge < -0.3 is 9.30 Å². The summed E-state index contributed by atoms with van der Waals surface area (Å²) in [6.45, 7) is 3.43. The fourth-order valence-electron chi connectivity index (χ4n) is 3.89. The molecule has 5 aromatic rings. The fourth-order valence-corrected chi connectivity index (χ4v) is 4.35. The first-order valence-electron chi connectivity index (χ1n) is 9.84. The molecule has 0 aliphatic heterocycles. The minimum absolute atomic E-state index is 0.521. The van der Waals surface area contributed by atoms with Crippen LogP contribution in [-0.4, -0.2) is 21.1 Å². The van der Waals surface area contributed by atoms with E-state index < -0.39 is 0 Å². The van der Waals surface area contributed by atoms with Gasteiger partial charge in [-0.05, 0) is 49.2 Å². The Morgan fingerprint density at radius 1 is 0.933 bits per heavy atom. The maximum Gasteiger partial charge on any atom is 0.160 e. The molecule has 0 radical (unpaired) electrons. The molecule has 0 unspecified atom stereocenters. The molecule has 0 saturated carbocycles. The van der Waals surface area contributed by atoms with E-state index in [9.17, 15) is 0 Å². The highest BCUT2D eigenvalue weighted by atomic mass is 35.5. The second-order valence-corrected chi connectivity index (χ2v) is 8.13. The first kappa shape index (κ1) is 19.2. The lowest BCUT2D eigenvalue weighted by molar-refractivity contribution is 0.303. The number of aryl methyl sites for hydroxylation is 2. The molecule has 0 aliphatic rings. The monoisotopic (exact) mass is 435 g/mol. The summed E-state index contributed by atoms with van der Waals surface area (Å²) in [7, 11) is 0. The van der Waals surface area contributed by atoms with Crippen LogP contribution in [-0.2, 0) is 6.54 Å². The van der Waals surface area contributed by atoms with E-state index in [-0.39, 0.29) is 0 Å². The van der Waals surface area contributed by atoms with Crippen LogP contribution in [0.4, 0.5) is 0 Å². The highest BCUT2D eigenvalue weighted by Gasteiger charge is 2.16. The number of fused-ring (bicyclic) bond motifs is 4. The van der Waals surface area contributed by atoms with E-state index in [4.69, 9.17) is 37.9 Å². The number of halogens is 2. The molecule has 2 aromatic heterocycles. The summed E-state index contributed by atoms with van der Waals surface area (Å²) < 4.78 is 8.13. The van der Waals surface area contributed by atoms with Crippen molar-refractivity contribution in [1.82, 2.24) is 14.5 Å². The van der Waals surface area contributed by atoms with Gasteiger partial charge in [0.15, 0.2) is 5.65 Å². The van der Waals surface area contributed by atoms with Crippen molar-refractivity contribution in [3.8, 4) is 5.75 Å². The number of hydrogen-bond donors (Lipinski definition) is 0. The molecule has 6 heteroatoms. The van der Waals surface area contributed by atoms with E-state index in [0.717, 1.165) is 40.5 Å². The first-order chi connectivity index (χ1) is 14.6. The second kappa shape index (κ2) is 7.78. The highest BCUT2D eigenvalue weighted by molar-refractivity contribution is 6.35. The van der Waals surface area contributed by atoms with Crippen LogP contribution in [0.5, 0.6) is 5.75 Å². The number of benzene rings is 3. The summed E-state index contributed by atoms with van der Waals surface area (Å²) in [5, 5.41) is 2.25. The lowest BCUT2D eigenvalue weighted by Gasteiger charge is -2.11. The van der Waals surface area contributed by atoms with Gasteiger partial charge in [0.25, 0.3) is 0 Å². The Morgan fingerprint density at radius 2 is 1.73 bits per heavy atom. The summed E-state index contributed by atoms with van der Waals surface area (Å²) in [6.07, 6.45) is 0.806. The van der Waals surface area contributed by atoms with Gasteiger partial charge >= 0.3 is 0 Å². The molecular weight excluding hydrogens is 417 g/mol. The molecule has 4 nitrogen and oxygen atoms in total. The van der Waals surface area contributed by atoms with Crippen LogP contribution in [0.2, 0.25) is 10.0 Å². The standard InChI is InChI=1S/C24H19Cl2N3O/c1-15-6-4-7-17-22-24(28-20-9-3-2-8-19(20)27-22)29(23(15)17)12-5-13-30-21-11-10-16(25)14-18(21)26/h2-4,6-11,14H,5,12-13H2,1H3. The predicted octanol–water partition coefficient (Wildman–Crippen LogP) is 6.82. The van der Waals surface area contributed by atoms with Crippen LogP contribution in [0.15, 0.2) is 60.7 Å². The van der Waals surface area contributed by atoms with Crippen LogP contribution in [0.25, 0.3) is 33.1 Å². The van der Waals surface area contributed by atoms with Crippen molar-refractivity contribution in [2.24, 2.45) is 0 Å². The molecule has 0 saturated heterocycles.